The lowest BCUT2D eigenvalue weighted by Gasteiger charge is -2.17. The van der Waals surface area contributed by atoms with E-state index < -0.39 is 0 Å². The van der Waals surface area contributed by atoms with Crippen molar-refractivity contribution in [3.8, 4) is 0 Å². The normalized spacial score (nSPS) is 11.0. The Morgan fingerprint density at radius 2 is 1.90 bits per heavy atom. The van der Waals surface area contributed by atoms with Gasteiger partial charge in [-0.25, -0.2) is 9.18 Å². The SMILES string of the molecule is CCN(CC)CCNC(=O)N/C=C/c1ccc(F)cc1. The lowest BCUT2D eigenvalue weighted by atomic mass is 10.2. The molecule has 1 rings (SSSR count). The highest BCUT2D eigenvalue weighted by atomic mass is 19.1. The molecular weight excluding hydrogens is 257 g/mol. The number of rotatable bonds is 7. The fraction of sp³-hybridized carbons (Fsp3) is 0.400. The van der Waals surface area contributed by atoms with Crippen molar-refractivity contribution in [2.45, 2.75) is 13.8 Å². The zero-order valence-corrected chi connectivity index (χ0v) is 12.0. The first kappa shape index (κ1) is 16.2. The molecule has 0 atom stereocenters. The van der Waals surface area contributed by atoms with Crippen molar-refractivity contribution in [2.24, 2.45) is 0 Å². The van der Waals surface area contributed by atoms with Crippen LogP contribution in [-0.2, 0) is 0 Å². The van der Waals surface area contributed by atoms with E-state index in [4.69, 9.17) is 0 Å². The zero-order valence-electron chi connectivity index (χ0n) is 12.0. The molecule has 110 valence electrons. The van der Waals surface area contributed by atoms with Crippen LogP contribution in [-0.4, -0.2) is 37.1 Å². The summed E-state index contributed by atoms with van der Waals surface area (Å²) in [6, 6.07) is 5.81. The molecule has 0 heterocycles. The van der Waals surface area contributed by atoms with Crippen LogP contribution in [0.15, 0.2) is 30.5 Å². The summed E-state index contributed by atoms with van der Waals surface area (Å²) in [5.41, 5.74) is 0.829. The van der Waals surface area contributed by atoms with Gasteiger partial charge in [0.05, 0.1) is 0 Å². The lowest BCUT2D eigenvalue weighted by Crippen LogP contribution is -2.38. The summed E-state index contributed by atoms with van der Waals surface area (Å²) in [6.07, 6.45) is 3.25. The molecule has 0 fully saturated rings. The molecule has 0 saturated carbocycles. The van der Waals surface area contributed by atoms with Crippen molar-refractivity contribution < 1.29 is 9.18 Å². The van der Waals surface area contributed by atoms with Gasteiger partial charge >= 0.3 is 6.03 Å². The number of benzene rings is 1. The van der Waals surface area contributed by atoms with Crippen LogP contribution >= 0.6 is 0 Å². The van der Waals surface area contributed by atoms with Gasteiger partial charge in [-0.3, -0.25) is 0 Å². The van der Waals surface area contributed by atoms with Crippen LogP contribution in [0.25, 0.3) is 6.08 Å². The van der Waals surface area contributed by atoms with Gasteiger partial charge in [0.2, 0.25) is 0 Å². The highest BCUT2D eigenvalue weighted by Crippen LogP contribution is 2.03. The summed E-state index contributed by atoms with van der Waals surface area (Å²) in [5, 5.41) is 5.39. The maximum absolute atomic E-state index is 12.7. The van der Waals surface area contributed by atoms with Crippen LogP contribution in [0.4, 0.5) is 9.18 Å². The van der Waals surface area contributed by atoms with Crippen molar-refractivity contribution in [2.75, 3.05) is 26.2 Å². The average molecular weight is 279 g/mol. The molecule has 0 aliphatic rings. The van der Waals surface area contributed by atoms with E-state index in [1.807, 2.05) is 0 Å². The standard InChI is InChI=1S/C15H22FN3O/c1-3-19(4-2)12-11-18-15(20)17-10-9-13-5-7-14(16)8-6-13/h5-10H,3-4,11-12H2,1-2H3,(H2,17,18,20)/b10-9+. The van der Waals surface area contributed by atoms with Gasteiger partial charge in [-0.05, 0) is 36.9 Å². The first-order valence-corrected chi connectivity index (χ1v) is 6.84. The van der Waals surface area contributed by atoms with Gasteiger partial charge in [-0.15, -0.1) is 0 Å². The molecule has 0 bridgehead atoms. The number of nitrogens with one attached hydrogen (secondary N) is 2. The highest BCUT2D eigenvalue weighted by Gasteiger charge is 2.00. The molecule has 0 saturated heterocycles. The molecule has 1 aromatic carbocycles. The van der Waals surface area contributed by atoms with E-state index in [2.05, 4.69) is 29.4 Å². The minimum absolute atomic E-state index is 0.240. The molecule has 0 aliphatic carbocycles. The molecule has 0 spiro atoms. The second-order valence-corrected chi connectivity index (χ2v) is 4.31. The van der Waals surface area contributed by atoms with Crippen molar-refractivity contribution in [3.05, 3.63) is 41.8 Å². The third-order valence-corrected chi connectivity index (χ3v) is 2.97. The zero-order chi connectivity index (χ0) is 14.8. The number of carbonyl (C=O) groups is 1. The molecule has 5 heteroatoms. The Morgan fingerprint density at radius 1 is 1.25 bits per heavy atom. The Bertz CT molecular complexity index is 427. The molecule has 2 amide bonds. The summed E-state index contributed by atoms with van der Waals surface area (Å²) < 4.78 is 12.7. The number of halogens is 1. The fourth-order valence-electron chi connectivity index (χ4n) is 1.71. The van der Waals surface area contributed by atoms with Crippen LogP contribution in [0.2, 0.25) is 0 Å². The van der Waals surface area contributed by atoms with Gasteiger partial charge in [0.1, 0.15) is 5.82 Å². The number of likely N-dealkylation sites (N-methyl/N-ethyl adjacent to an activating group) is 1. The monoisotopic (exact) mass is 279 g/mol. The molecule has 0 aliphatic heterocycles. The third kappa shape index (κ3) is 6.33. The summed E-state index contributed by atoms with van der Waals surface area (Å²) in [6.45, 7) is 7.58. The molecule has 2 N–H and O–H groups in total. The Balaban J connectivity index is 2.24. The predicted octanol–water partition coefficient (Wildman–Crippen LogP) is 2.44. The predicted molar refractivity (Wildman–Crippen MR) is 79.8 cm³/mol. The molecule has 0 radical (unpaired) electrons. The quantitative estimate of drug-likeness (QED) is 0.805. The van der Waals surface area contributed by atoms with Crippen molar-refractivity contribution >= 4 is 12.1 Å². The summed E-state index contributed by atoms with van der Waals surface area (Å²) >= 11 is 0. The molecule has 0 aromatic heterocycles. The fourth-order valence-corrected chi connectivity index (χ4v) is 1.71. The van der Waals surface area contributed by atoms with Crippen molar-refractivity contribution in [1.29, 1.82) is 0 Å². The number of amides is 2. The van der Waals surface area contributed by atoms with Gasteiger partial charge in [0.15, 0.2) is 0 Å². The van der Waals surface area contributed by atoms with E-state index in [1.54, 1.807) is 24.4 Å². The van der Waals surface area contributed by atoms with Crippen LogP contribution in [0.5, 0.6) is 0 Å². The number of carbonyl (C=O) groups excluding carboxylic acids is 1. The highest BCUT2D eigenvalue weighted by molar-refractivity contribution is 5.75. The van der Waals surface area contributed by atoms with Crippen LogP contribution in [0.1, 0.15) is 19.4 Å². The number of nitrogens with zero attached hydrogens (tertiary/aromatic N) is 1. The van der Waals surface area contributed by atoms with Gasteiger partial charge < -0.3 is 15.5 Å². The minimum atomic E-state index is -0.274. The largest absolute Gasteiger partial charge is 0.337 e. The van der Waals surface area contributed by atoms with Gasteiger partial charge in [-0.2, -0.15) is 0 Å². The van der Waals surface area contributed by atoms with Crippen molar-refractivity contribution in [1.82, 2.24) is 15.5 Å². The molecule has 0 unspecified atom stereocenters. The second-order valence-electron chi connectivity index (χ2n) is 4.31. The van der Waals surface area contributed by atoms with Crippen LogP contribution < -0.4 is 10.6 Å². The maximum atomic E-state index is 12.7. The number of hydrogen-bond acceptors (Lipinski definition) is 2. The second kappa shape index (κ2) is 9.09. The summed E-state index contributed by atoms with van der Waals surface area (Å²) in [5.74, 6) is -0.274. The smallest absolute Gasteiger partial charge is 0.318 e. The van der Waals surface area contributed by atoms with E-state index in [1.165, 1.54) is 12.1 Å². The topological polar surface area (TPSA) is 44.4 Å². The average Bonchev–Trinajstić information content (AvgIpc) is 2.46. The Morgan fingerprint density at radius 3 is 2.50 bits per heavy atom. The summed E-state index contributed by atoms with van der Waals surface area (Å²) in [7, 11) is 0. The van der Waals surface area contributed by atoms with E-state index in [0.29, 0.717) is 6.54 Å². The third-order valence-electron chi connectivity index (χ3n) is 2.97. The molecule has 20 heavy (non-hydrogen) atoms. The van der Waals surface area contributed by atoms with Crippen LogP contribution in [0.3, 0.4) is 0 Å². The Hall–Kier alpha value is -1.88. The van der Waals surface area contributed by atoms with E-state index >= 15 is 0 Å². The first-order valence-electron chi connectivity index (χ1n) is 6.84. The maximum Gasteiger partial charge on any atom is 0.318 e. The Labute approximate surface area is 119 Å². The Kier molecular flexibility index (Phi) is 7.35. The van der Waals surface area contributed by atoms with E-state index in [-0.39, 0.29) is 11.8 Å². The lowest BCUT2D eigenvalue weighted by molar-refractivity contribution is 0.240. The van der Waals surface area contributed by atoms with E-state index in [9.17, 15) is 9.18 Å². The van der Waals surface area contributed by atoms with Gasteiger partial charge in [-0.1, -0.05) is 26.0 Å². The molecular formula is C15H22FN3O. The van der Waals surface area contributed by atoms with Crippen molar-refractivity contribution in [3.63, 3.8) is 0 Å². The number of urea groups is 1. The number of hydrogen-bond donors (Lipinski definition) is 2. The summed E-state index contributed by atoms with van der Waals surface area (Å²) in [4.78, 5) is 13.7. The molecule has 1 aromatic rings. The minimum Gasteiger partial charge on any atom is -0.337 e. The van der Waals surface area contributed by atoms with Crippen LogP contribution in [0, 0.1) is 5.82 Å². The van der Waals surface area contributed by atoms with E-state index in [0.717, 1.165) is 25.2 Å². The molecule has 4 nitrogen and oxygen atoms in total. The van der Waals surface area contributed by atoms with Gasteiger partial charge in [0, 0.05) is 19.3 Å². The first-order chi connectivity index (χ1) is 9.65. The van der Waals surface area contributed by atoms with Gasteiger partial charge in [0.25, 0.3) is 0 Å².